The largest absolute Gasteiger partial charge is 0.391 e. The Morgan fingerprint density at radius 1 is 1.14 bits per heavy atom. The van der Waals surface area contributed by atoms with E-state index in [2.05, 4.69) is 15.5 Å². The molecule has 3 fully saturated rings. The third-order valence-electron chi connectivity index (χ3n) is 6.55. The quantitative estimate of drug-likeness (QED) is 0.320. The maximum absolute atomic E-state index is 13.1. The van der Waals surface area contributed by atoms with Crippen LogP contribution in [0.15, 0.2) is 4.99 Å². The number of guanidine groups is 1. The Morgan fingerprint density at radius 2 is 1.83 bits per heavy atom. The van der Waals surface area contributed by atoms with Crippen LogP contribution in [-0.2, 0) is 4.74 Å². The normalized spacial score (nSPS) is 28.6. The Balaban J connectivity index is 0.00000300. The van der Waals surface area contributed by atoms with Gasteiger partial charge < -0.3 is 15.4 Å². The van der Waals surface area contributed by atoms with Crippen LogP contribution in [0.5, 0.6) is 0 Å². The van der Waals surface area contributed by atoms with Crippen molar-refractivity contribution in [1.29, 1.82) is 0 Å². The van der Waals surface area contributed by atoms with Crippen LogP contribution >= 0.6 is 24.0 Å². The lowest BCUT2D eigenvalue weighted by Gasteiger charge is -2.43. The van der Waals surface area contributed by atoms with E-state index >= 15 is 0 Å². The van der Waals surface area contributed by atoms with Crippen molar-refractivity contribution >= 4 is 29.9 Å². The molecule has 5 nitrogen and oxygen atoms in total. The van der Waals surface area contributed by atoms with Crippen LogP contribution in [0.4, 0.5) is 13.2 Å². The first-order valence-corrected chi connectivity index (χ1v) is 10.9. The summed E-state index contributed by atoms with van der Waals surface area (Å²) in [6.07, 6.45) is 2.05. The molecule has 0 aromatic heterocycles. The van der Waals surface area contributed by atoms with Crippen molar-refractivity contribution in [1.82, 2.24) is 15.5 Å². The van der Waals surface area contributed by atoms with Gasteiger partial charge >= 0.3 is 6.18 Å². The van der Waals surface area contributed by atoms with Crippen molar-refractivity contribution in [3.8, 4) is 0 Å². The summed E-state index contributed by atoms with van der Waals surface area (Å²) >= 11 is 0. The Morgan fingerprint density at radius 3 is 2.45 bits per heavy atom. The van der Waals surface area contributed by atoms with Crippen molar-refractivity contribution in [2.45, 2.75) is 76.0 Å². The highest BCUT2D eigenvalue weighted by Gasteiger charge is 2.42. The molecule has 2 atom stereocenters. The lowest BCUT2D eigenvalue weighted by molar-refractivity contribution is -0.183. The zero-order chi connectivity index (χ0) is 20.0. The summed E-state index contributed by atoms with van der Waals surface area (Å²) in [5.74, 6) is -0.548. The number of nitrogens with zero attached hydrogens (tertiary/aromatic N) is 2. The van der Waals surface area contributed by atoms with E-state index in [9.17, 15) is 13.2 Å². The summed E-state index contributed by atoms with van der Waals surface area (Å²) < 4.78 is 45.0. The molecule has 29 heavy (non-hydrogen) atoms. The molecule has 3 rings (SSSR count). The SMILES string of the molecule is CCNC(=NCC1(N2CCCC2)CCOCC1)NC1CCCC(C(F)(F)F)C1.I. The summed E-state index contributed by atoms with van der Waals surface area (Å²) in [6.45, 7) is 7.08. The van der Waals surface area contributed by atoms with E-state index in [0.717, 1.165) is 45.6 Å². The number of hydrogen-bond acceptors (Lipinski definition) is 3. The fraction of sp³-hybridized carbons (Fsp3) is 0.950. The lowest BCUT2D eigenvalue weighted by Crippen LogP contribution is -2.54. The smallest absolute Gasteiger partial charge is 0.381 e. The molecule has 1 saturated carbocycles. The molecule has 2 unspecified atom stereocenters. The maximum atomic E-state index is 13.1. The minimum Gasteiger partial charge on any atom is -0.381 e. The molecule has 2 N–H and O–H groups in total. The molecule has 2 saturated heterocycles. The maximum Gasteiger partial charge on any atom is 0.391 e. The molecule has 0 spiro atoms. The average Bonchev–Trinajstić information content (AvgIpc) is 3.22. The van der Waals surface area contributed by atoms with E-state index in [4.69, 9.17) is 9.73 Å². The minimum atomic E-state index is -4.10. The highest BCUT2D eigenvalue weighted by Crippen LogP contribution is 2.37. The molecule has 0 aromatic rings. The fourth-order valence-corrected chi connectivity index (χ4v) is 4.87. The predicted octanol–water partition coefficient (Wildman–Crippen LogP) is 3.93. The highest BCUT2D eigenvalue weighted by molar-refractivity contribution is 14.0. The van der Waals surface area contributed by atoms with Gasteiger partial charge in [0.05, 0.1) is 12.5 Å². The number of hydrogen-bond donors (Lipinski definition) is 2. The van der Waals surface area contributed by atoms with Gasteiger partial charge in [0.15, 0.2) is 5.96 Å². The van der Waals surface area contributed by atoms with Crippen molar-refractivity contribution in [2.75, 3.05) is 39.4 Å². The van der Waals surface area contributed by atoms with Crippen LogP contribution < -0.4 is 10.6 Å². The number of likely N-dealkylation sites (tertiary alicyclic amines) is 1. The van der Waals surface area contributed by atoms with Crippen LogP contribution in [-0.4, -0.2) is 68.0 Å². The van der Waals surface area contributed by atoms with Gasteiger partial charge in [-0.2, -0.15) is 13.2 Å². The fourth-order valence-electron chi connectivity index (χ4n) is 4.87. The molecule has 2 aliphatic heterocycles. The molecule has 3 aliphatic rings. The summed E-state index contributed by atoms with van der Waals surface area (Å²) in [4.78, 5) is 7.41. The van der Waals surface area contributed by atoms with E-state index < -0.39 is 12.1 Å². The Kier molecular flexibility index (Phi) is 9.79. The molecular formula is C20H36F3IN4O. The zero-order valence-electron chi connectivity index (χ0n) is 17.4. The number of aliphatic imine (C=N–C) groups is 1. The van der Waals surface area contributed by atoms with Crippen LogP contribution in [0.2, 0.25) is 0 Å². The summed E-state index contributed by atoms with van der Waals surface area (Å²) in [5.41, 5.74) is 0.0260. The highest BCUT2D eigenvalue weighted by atomic mass is 127. The van der Waals surface area contributed by atoms with Gasteiger partial charge in [-0.3, -0.25) is 9.89 Å². The molecule has 0 radical (unpaired) electrons. The Labute approximate surface area is 189 Å². The van der Waals surface area contributed by atoms with Gasteiger partial charge in [0, 0.05) is 31.3 Å². The number of alkyl halides is 3. The number of ether oxygens (including phenoxy) is 1. The molecule has 9 heteroatoms. The first-order chi connectivity index (χ1) is 13.4. The van der Waals surface area contributed by atoms with Crippen LogP contribution in [0.1, 0.15) is 58.3 Å². The van der Waals surface area contributed by atoms with Crippen molar-refractivity contribution in [2.24, 2.45) is 10.9 Å². The second-order valence-electron chi connectivity index (χ2n) is 8.47. The van der Waals surface area contributed by atoms with Gasteiger partial charge in [0.25, 0.3) is 0 Å². The van der Waals surface area contributed by atoms with Gasteiger partial charge in [-0.25, -0.2) is 0 Å². The van der Waals surface area contributed by atoms with Crippen LogP contribution in [0.25, 0.3) is 0 Å². The number of rotatable bonds is 5. The third-order valence-corrected chi connectivity index (χ3v) is 6.55. The van der Waals surface area contributed by atoms with E-state index in [-0.39, 0.29) is 48.4 Å². The minimum absolute atomic E-state index is 0. The first kappa shape index (κ1) is 25.0. The van der Waals surface area contributed by atoms with Crippen molar-refractivity contribution in [3.05, 3.63) is 0 Å². The predicted molar refractivity (Wildman–Crippen MR) is 120 cm³/mol. The standard InChI is InChI=1S/C20H35F3N4O.HI/c1-2-24-18(26-17-7-5-6-16(14-17)20(21,22)23)25-15-19(8-12-28-13-9-19)27-10-3-4-11-27;/h16-17H,2-15H2,1H3,(H2,24,25,26);1H. The molecule has 0 bridgehead atoms. The first-order valence-electron chi connectivity index (χ1n) is 10.9. The van der Waals surface area contributed by atoms with Gasteiger partial charge in [-0.1, -0.05) is 6.42 Å². The zero-order valence-corrected chi connectivity index (χ0v) is 19.7. The van der Waals surface area contributed by atoms with Gasteiger partial charge in [0.1, 0.15) is 0 Å². The van der Waals surface area contributed by atoms with Gasteiger partial charge in [0.2, 0.25) is 0 Å². The Hall–Kier alpha value is -0.290. The van der Waals surface area contributed by atoms with Gasteiger partial charge in [-0.05, 0) is 65.0 Å². The molecule has 0 amide bonds. The monoisotopic (exact) mass is 532 g/mol. The van der Waals surface area contributed by atoms with Crippen LogP contribution in [0, 0.1) is 5.92 Å². The van der Waals surface area contributed by atoms with Gasteiger partial charge in [-0.15, -0.1) is 24.0 Å². The van der Waals surface area contributed by atoms with E-state index in [0.29, 0.717) is 25.5 Å². The molecule has 170 valence electrons. The second-order valence-corrected chi connectivity index (χ2v) is 8.47. The van der Waals surface area contributed by atoms with Crippen LogP contribution in [0.3, 0.4) is 0 Å². The van der Waals surface area contributed by atoms with Crippen molar-refractivity contribution in [3.63, 3.8) is 0 Å². The molecule has 2 heterocycles. The second kappa shape index (κ2) is 11.4. The van der Waals surface area contributed by atoms with E-state index in [1.165, 1.54) is 12.8 Å². The summed E-state index contributed by atoms with van der Waals surface area (Å²) in [7, 11) is 0. The number of halogens is 4. The third kappa shape index (κ3) is 6.85. The molecule has 1 aliphatic carbocycles. The molecular weight excluding hydrogens is 496 g/mol. The van der Waals surface area contributed by atoms with Crippen molar-refractivity contribution < 1.29 is 17.9 Å². The lowest BCUT2D eigenvalue weighted by atomic mass is 9.85. The topological polar surface area (TPSA) is 48.9 Å². The molecule has 0 aromatic carbocycles. The summed E-state index contributed by atoms with van der Waals surface area (Å²) in [5, 5.41) is 6.53. The van der Waals surface area contributed by atoms with E-state index in [1.54, 1.807) is 0 Å². The van der Waals surface area contributed by atoms with E-state index in [1.807, 2.05) is 6.92 Å². The average molecular weight is 532 g/mol. The number of nitrogens with one attached hydrogen (secondary N) is 2. The summed E-state index contributed by atoms with van der Waals surface area (Å²) in [6, 6.07) is -0.171. The Bertz CT molecular complexity index is 520.